The van der Waals surface area contributed by atoms with Crippen LogP contribution in [0.25, 0.3) is 0 Å². The van der Waals surface area contributed by atoms with E-state index in [0.717, 1.165) is 36.5 Å². The van der Waals surface area contributed by atoms with E-state index >= 15 is 0 Å². The zero-order valence-corrected chi connectivity index (χ0v) is 16.3. The molecule has 2 aliphatic heterocycles. The van der Waals surface area contributed by atoms with E-state index in [4.69, 9.17) is 9.15 Å². The number of nitrogens with one attached hydrogen (secondary N) is 1. The number of hydrogen-bond acceptors (Lipinski definition) is 4. The molecule has 150 valence electrons. The third kappa shape index (κ3) is 4.94. The van der Waals surface area contributed by atoms with Crippen molar-refractivity contribution in [2.24, 2.45) is 0 Å². The van der Waals surface area contributed by atoms with Crippen LogP contribution in [-0.4, -0.2) is 48.1 Å². The molecule has 2 amide bonds. The number of urea groups is 1. The van der Waals surface area contributed by atoms with Crippen molar-refractivity contribution in [3.63, 3.8) is 0 Å². The lowest BCUT2D eigenvalue weighted by atomic mass is 10.0. The molecule has 0 radical (unpaired) electrons. The molecule has 1 atom stereocenters. The number of ether oxygens (including phenoxy) is 1. The topological polar surface area (TPSA) is 58.0 Å². The summed E-state index contributed by atoms with van der Waals surface area (Å²) in [5, 5.41) is 3.06. The maximum atomic E-state index is 12.8. The van der Waals surface area contributed by atoms with Crippen molar-refractivity contribution in [1.29, 1.82) is 0 Å². The van der Waals surface area contributed by atoms with Crippen molar-refractivity contribution in [3.05, 3.63) is 54.0 Å². The molecule has 1 N–H and O–H groups in total. The first-order valence-corrected chi connectivity index (χ1v) is 10.3. The van der Waals surface area contributed by atoms with Crippen LogP contribution in [0.15, 0.2) is 47.1 Å². The SMILES string of the molecule is O=C(Nc1cccc(COCc2ccco2)c1)N1CCC[C@@H](N2CCCC2)C1. The number of nitrogens with zero attached hydrogens (tertiary/aromatic N) is 2. The summed E-state index contributed by atoms with van der Waals surface area (Å²) in [4.78, 5) is 17.3. The van der Waals surface area contributed by atoms with Crippen LogP contribution < -0.4 is 5.32 Å². The molecule has 2 aromatic rings. The Morgan fingerprint density at radius 2 is 2.00 bits per heavy atom. The Labute approximate surface area is 166 Å². The predicted molar refractivity (Wildman–Crippen MR) is 108 cm³/mol. The van der Waals surface area contributed by atoms with E-state index in [-0.39, 0.29) is 6.03 Å². The molecule has 6 nitrogen and oxygen atoms in total. The van der Waals surface area contributed by atoms with Gasteiger partial charge in [0.2, 0.25) is 0 Å². The van der Waals surface area contributed by atoms with Crippen LogP contribution in [-0.2, 0) is 18.0 Å². The fourth-order valence-electron chi connectivity index (χ4n) is 4.15. The van der Waals surface area contributed by atoms with Crippen LogP contribution in [0.5, 0.6) is 0 Å². The molecular weight excluding hydrogens is 354 g/mol. The van der Waals surface area contributed by atoms with Crippen molar-refractivity contribution >= 4 is 11.7 Å². The molecule has 0 spiro atoms. The molecular formula is C22H29N3O3. The Balaban J connectivity index is 1.28. The number of benzene rings is 1. The smallest absolute Gasteiger partial charge is 0.321 e. The Morgan fingerprint density at radius 1 is 1.11 bits per heavy atom. The highest BCUT2D eigenvalue weighted by molar-refractivity contribution is 5.89. The van der Waals surface area contributed by atoms with E-state index in [1.54, 1.807) is 6.26 Å². The number of likely N-dealkylation sites (tertiary alicyclic amines) is 2. The van der Waals surface area contributed by atoms with E-state index in [9.17, 15) is 4.79 Å². The molecule has 4 rings (SSSR count). The average molecular weight is 383 g/mol. The van der Waals surface area contributed by atoms with E-state index < -0.39 is 0 Å². The third-order valence-electron chi connectivity index (χ3n) is 5.61. The second kappa shape index (κ2) is 9.26. The maximum absolute atomic E-state index is 12.8. The number of carbonyl (C=O) groups is 1. The number of rotatable bonds is 6. The van der Waals surface area contributed by atoms with Crippen LogP contribution >= 0.6 is 0 Å². The van der Waals surface area contributed by atoms with Gasteiger partial charge in [-0.1, -0.05) is 12.1 Å². The van der Waals surface area contributed by atoms with E-state index in [2.05, 4.69) is 10.2 Å². The van der Waals surface area contributed by atoms with Gasteiger partial charge in [0.05, 0.1) is 12.9 Å². The van der Waals surface area contributed by atoms with Crippen molar-refractivity contribution in [3.8, 4) is 0 Å². The quantitative estimate of drug-likeness (QED) is 0.816. The van der Waals surface area contributed by atoms with Gasteiger partial charge < -0.3 is 19.4 Å². The van der Waals surface area contributed by atoms with Crippen molar-refractivity contribution in [2.75, 3.05) is 31.5 Å². The molecule has 0 unspecified atom stereocenters. The molecule has 0 aliphatic carbocycles. The second-order valence-corrected chi connectivity index (χ2v) is 7.69. The summed E-state index contributed by atoms with van der Waals surface area (Å²) in [5.41, 5.74) is 1.84. The lowest BCUT2D eigenvalue weighted by molar-refractivity contribution is 0.0930. The fraction of sp³-hybridized carbons (Fsp3) is 0.500. The molecule has 0 saturated carbocycles. The van der Waals surface area contributed by atoms with Gasteiger partial charge in [-0.15, -0.1) is 0 Å². The summed E-state index contributed by atoms with van der Waals surface area (Å²) in [6, 6.07) is 12.1. The van der Waals surface area contributed by atoms with Gasteiger partial charge in [0, 0.05) is 24.8 Å². The van der Waals surface area contributed by atoms with Crippen LogP contribution in [0.2, 0.25) is 0 Å². The van der Waals surface area contributed by atoms with Gasteiger partial charge in [0.25, 0.3) is 0 Å². The molecule has 6 heteroatoms. The van der Waals surface area contributed by atoms with Gasteiger partial charge in [-0.05, 0) is 68.6 Å². The Morgan fingerprint density at radius 3 is 2.82 bits per heavy atom. The standard InChI is InChI=1S/C22H29N3O3/c26-22(25-12-4-8-20(15-25)24-10-1-2-11-24)23-19-7-3-6-18(14-19)16-27-17-21-9-5-13-28-21/h3,5-7,9,13-14,20H,1-2,4,8,10-12,15-17H2,(H,23,26)/t20-/m1/s1. The highest BCUT2D eigenvalue weighted by Crippen LogP contribution is 2.21. The number of carbonyl (C=O) groups excluding carboxylic acids is 1. The van der Waals surface area contributed by atoms with Crippen LogP contribution in [0.1, 0.15) is 37.0 Å². The molecule has 2 saturated heterocycles. The van der Waals surface area contributed by atoms with Gasteiger partial charge in [-0.25, -0.2) is 4.79 Å². The van der Waals surface area contributed by atoms with Crippen LogP contribution in [0.4, 0.5) is 10.5 Å². The summed E-state index contributed by atoms with van der Waals surface area (Å²) < 4.78 is 11.0. The fourth-order valence-corrected chi connectivity index (χ4v) is 4.15. The lowest BCUT2D eigenvalue weighted by Crippen LogP contribution is -2.50. The normalized spacial score (nSPS) is 20.4. The largest absolute Gasteiger partial charge is 0.467 e. The van der Waals surface area contributed by atoms with Gasteiger partial charge in [0.15, 0.2) is 0 Å². The minimum atomic E-state index is -0.00227. The molecule has 2 fully saturated rings. The molecule has 2 aliphatic rings. The summed E-state index contributed by atoms with van der Waals surface area (Å²) in [6.45, 7) is 4.95. The second-order valence-electron chi connectivity index (χ2n) is 7.69. The minimum absolute atomic E-state index is 0.00227. The van der Waals surface area contributed by atoms with E-state index in [1.807, 2.05) is 41.3 Å². The summed E-state index contributed by atoms with van der Waals surface area (Å²) in [7, 11) is 0. The Kier molecular flexibility index (Phi) is 6.29. The highest BCUT2D eigenvalue weighted by Gasteiger charge is 2.29. The zero-order valence-electron chi connectivity index (χ0n) is 16.3. The van der Waals surface area contributed by atoms with Gasteiger partial charge in [0.1, 0.15) is 12.4 Å². The minimum Gasteiger partial charge on any atom is -0.467 e. The van der Waals surface area contributed by atoms with Crippen molar-refractivity contribution in [1.82, 2.24) is 9.80 Å². The van der Waals surface area contributed by atoms with Crippen molar-refractivity contribution < 1.29 is 13.9 Å². The van der Waals surface area contributed by atoms with Crippen LogP contribution in [0, 0.1) is 0 Å². The monoisotopic (exact) mass is 383 g/mol. The number of amides is 2. The van der Waals surface area contributed by atoms with Crippen LogP contribution in [0.3, 0.4) is 0 Å². The molecule has 3 heterocycles. The third-order valence-corrected chi connectivity index (χ3v) is 5.61. The summed E-state index contributed by atoms with van der Waals surface area (Å²) >= 11 is 0. The summed E-state index contributed by atoms with van der Waals surface area (Å²) in [5.74, 6) is 0.808. The van der Waals surface area contributed by atoms with Gasteiger partial charge in [-0.2, -0.15) is 0 Å². The number of furan rings is 1. The highest BCUT2D eigenvalue weighted by atomic mass is 16.5. The lowest BCUT2D eigenvalue weighted by Gasteiger charge is -2.37. The molecule has 28 heavy (non-hydrogen) atoms. The Bertz CT molecular complexity index is 756. The maximum Gasteiger partial charge on any atom is 0.321 e. The van der Waals surface area contributed by atoms with Gasteiger partial charge in [-0.3, -0.25) is 4.90 Å². The zero-order chi connectivity index (χ0) is 19.2. The Hall–Kier alpha value is -2.31. The molecule has 0 bridgehead atoms. The first kappa shape index (κ1) is 19.0. The van der Waals surface area contributed by atoms with Crippen molar-refractivity contribution in [2.45, 2.75) is 44.9 Å². The first-order chi connectivity index (χ1) is 13.8. The number of anilines is 1. The summed E-state index contributed by atoms with van der Waals surface area (Å²) in [6.07, 6.45) is 6.50. The molecule has 1 aromatic carbocycles. The first-order valence-electron chi connectivity index (χ1n) is 10.3. The van der Waals surface area contributed by atoms with E-state index in [0.29, 0.717) is 19.3 Å². The van der Waals surface area contributed by atoms with Gasteiger partial charge >= 0.3 is 6.03 Å². The predicted octanol–water partition coefficient (Wildman–Crippen LogP) is 4.09. The number of hydrogen-bond donors (Lipinski definition) is 1. The molecule has 1 aromatic heterocycles. The van der Waals surface area contributed by atoms with E-state index in [1.165, 1.54) is 32.4 Å². The number of piperidine rings is 1. The average Bonchev–Trinajstić information content (AvgIpc) is 3.43.